The number of alkyl halides is 3. The quantitative estimate of drug-likeness (QED) is 0.185. The minimum Gasteiger partial charge on any atom is -0.377 e. The Labute approximate surface area is 348 Å². The van der Waals surface area contributed by atoms with Crippen LogP contribution in [-0.2, 0) is 30.1 Å². The van der Waals surface area contributed by atoms with Gasteiger partial charge in [-0.1, -0.05) is 6.07 Å². The average molecular weight is 850 g/mol. The van der Waals surface area contributed by atoms with Gasteiger partial charge in [0.15, 0.2) is 5.69 Å². The van der Waals surface area contributed by atoms with Crippen molar-refractivity contribution in [2.24, 2.45) is 0 Å². The summed E-state index contributed by atoms with van der Waals surface area (Å²) in [4.78, 5) is 61.8. The predicted molar refractivity (Wildman–Crippen MR) is 216 cm³/mol. The third kappa shape index (κ3) is 10.1. The lowest BCUT2D eigenvalue weighted by molar-refractivity contribution is -0.138. The number of ether oxygens (including phenoxy) is 1. The van der Waals surface area contributed by atoms with Crippen molar-refractivity contribution in [2.45, 2.75) is 114 Å². The smallest absolute Gasteiger partial charge is 0.377 e. The minimum atomic E-state index is -4.81. The lowest BCUT2D eigenvalue weighted by Gasteiger charge is -2.44. The van der Waals surface area contributed by atoms with Gasteiger partial charge < -0.3 is 15.4 Å². The van der Waals surface area contributed by atoms with Crippen LogP contribution in [0.2, 0.25) is 0 Å². The first-order valence-corrected chi connectivity index (χ1v) is 19.8. The molecule has 3 saturated heterocycles. The summed E-state index contributed by atoms with van der Waals surface area (Å²) >= 11 is 4.73. The summed E-state index contributed by atoms with van der Waals surface area (Å²) in [6.07, 6.45) is -0.0227. The summed E-state index contributed by atoms with van der Waals surface area (Å²) in [7, 11) is 0. The monoisotopic (exact) mass is 849 g/mol. The lowest BCUT2D eigenvalue weighted by Crippen LogP contribution is -2.58. The second-order valence-corrected chi connectivity index (χ2v) is 16.4. The number of nitrogens with zero attached hydrogens (tertiary/aromatic N) is 6. The van der Waals surface area contributed by atoms with Gasteiger partial charge in [-0.05, 0) is 84.1 Å². The molecule has 19 heteroatoms. The third-order valence-corrected chi connectivity index (χ3v) is 11.9. The van der Waals surface area contributed by atoms with E-state index in [1.54, 1.807) is 32.0 Å². The Morgan fingerprint density at radius 3 is 2.38 bits per heavy atom. The van der Waals surface area contributed by atoms with Crippen LogP contribution in [0.4, 0.5) is 30.2 Å². The molecule has 1 aromatic carbocycles. The van der Waals surface area contributed by atoms with Gasteiger partial charge in [0.05, 0.1) is 42.2 Å². The highest BCUT2D eigenvalue weighted by atomic mass is 35.5. The topological polar surface area (TPSA) is 163 Å². The normalized spacial score (nSPS) is 27.1. The molecule has 1 saturated carbocycles. The molecule has 1 aromatic heterocycles. The molecule has 4 heterocycles. The number of hydrogen-bond donors (Lipinski definition) is 4. The Bertz CT molecular complexity index is 1880. The number of pyridine rings is 1. The first-order chi connectivity index (χ1) is 27.0. The summed E-state index contributed by atoms with van der Waals surface area (Å²) in [6, 6.07) is 9.11. The van der Waals surface area contributed by atoms with Gasteiger partial charge in [0, 0.05) is 55.6 Å². The van der Waals surface area contributed by atoms with Crippen molar-refractivity contribution in [1.82, 2.24) is 25.0 Å². The van der Waals surface area contributed by atoms with Crippen LogP contribution in [-0.4, -0.2) is 117 Å². The van der Waals surface area contributed by atoms with Crippen LogP contribution >= 0.6 is 25.0 Å². The van der Waals surface area contributed by atoms with Crippen LogP contribution in [0, 0.1) is 11.3 Å². The van der Waals surface area contributed by atoms with E-state index in [0.717, 1.165) is 57.6 Å². The van der Waals surface area contributed by atoms with E-state index in [0.29, 0.717) is 24.4 Å². The highest BCUT2D eigenvalue weighted by Gasteiger charge is 2.54. The van der Waals surface area contributed by atoms with Gasteiger partial charge in [0.2, 0.25) is 23.6 Å². The van der Waals surface area contributed by atoms with Crippen molar-refractivity contribution < 1.29 is 37.1 Å². The summed E-state index contributed by atoms with van der Waals surface area (Å²) in [5, 5.41) is 17.6. The fourth-order valence-electron chi connectivity index (χ4n) is 8.59. The van der Waals surface area contributed by atoms with E-state index in [9.17, 15) is 32.3 Å². The number of carbonyl (C=O) groups is 4. The molecule has 3 aliphatic heterocycles. The van der Waals surface area contributed by atoms with Gasteiger partial charge in [0.25, 0.3) is 0 Å². The molecule has 2 unspecified atom stereocenters. The van der Waals surface area contributed by atoms with E-state index in [4.69, 9.17) is 22.6 Å². The maximum atomic E-state index is 13.7. The number of benzene rings is 1. The number of amides is 4. The number of piperidine rings is 1. The van der Waals surface area contributed by atoms with E-state index >= 15 is 0 Å². The highest BCUT2D eigenvalue weighted by Crippen LogP contribution is 2.43. The Kier molecular flexibility index (Phi) is 14.4. The maximum Gasteiger partial charge on any atom is 0.419 e. The van der Waals surface area contributed by atoms with E-state index in [-0.39, 0.29) is 73.0 Å². The molecular formula is C39H51ClF3N9O5S. The number of halogens is 4. The van der Waals surface area contributed by atoms with Gasteiger partial charge in [0.1, 0.15) is 17.6 Å². The molecule has 0 bridgehead atoms. The fourth-order valence-corrected chi connectivity index (χ4v) is 9.31. The molecule has 4 fully saturated rings. The van der Waals surface area contributed by atoms with Gasteiger partial charge in [-0.3, -0.25) is 44.1 Å². The summed E-state index contributed by atoms with van der Waals surface area (Å²) in [5.74, 6) is -1.17. The van der Waals surface area contributed by atoms with Gasteiger partial charge in [-0.15, -0.1) is 25.0 Å². The number of rotatable bonds is 11. The second kappa shape index (κ2) is 18.5. The molecule has 4 atom stereocenters. The van der Waals surface area contributed by atoms with Crippen molar-refractivity contribution in [2.75, 3.05) is 48.3 Å². The molecule has 6 rings (SSSR count). The molecule has 0 spiro atoms. The maximum absolute atomic E-state index is 13.7. The molecule has 2 aromatic rings. The molecular weight excluding hydrogens is 799 g/mol. The number of nitrogens with one attached hydrogen (secondary N) is 3. The molecule has 4 aliphatic rings. The van der Waals surface area contributed by atoms with Crippen LogP contribution in [0.1, 0.15) is 77.5 Å². The fraction of sp³-hybridized carbons (Fsp3) is 0.590. The number of nitriles is 1. The number of thiol groups is 1. The van der Waals surface area contributed by atoms with Crippen LogP contribution in [0.15, 0.2) is 36.5 Å². The molecule has 316 valence electrons. The Morgan fingerprint density at radius 2 is 1.74 bits per heavy atom. The molecule has 58 heavy (non-hydrogen) atoms. The standard InChI is InChI=1S/C39H50F3N9O5S.ClH/c1-23-20-48(21-24(2)49(23)22-34(53)46-26-7-5-6-25(16-26)45-31-12-13-33(52)47-35(31)54)14-15-56-29-10-8-27(9-11-29)51-37(57)50(36(55)38(51,3)4)28-17-30(39(40,41)42)32(18-43)44-19-28;/h5-7,16-17,19,23-24,27,29,31,37,45,57H,8-15,20-22H2,1-4H3,(H,46,53)(H,47,52,54);1H/t23-,24+,27?,29?,31?,37?;. The average Bonchev–Trinajstić information content (AvgIpc) is 3.32. The number of carbonyl (C=O) groups excluding carboxylic acids is 4. The summed E-state index contributed by atoms with van der Waals surface area (Å²) in [5.41, 5.74) is -2.58. The van der Waals surface area contributed by atoms with Gasteiger partial charge in [-0.25, -0.2) is 4.98 Å². The number of piperazine rings is 1. The number of anilines is 3. The lowest BCUT2D eigenvalue weighted by atomic mass is 9.89. The van der Waals surface area contributed by atoms with E-state index in [1.165, 1.54) is 11.0 Å². The zero-order chi connectivity index (χ0) is 41.2. The van der Waals surface area contributed by atoms with Crippen molar-refractivity contribution in [1.29, 1.82) is 5.26 Å². The van der Waals surface area contributed by atoms with Crippen LogP contribution in [0.5, 0.6) is 0 Å². The van der Waals surface area contributed by atoms with Crippen LogP contribution in [0.25, 0.3) is 0 Å². The van der Waals surface area contributed by atoms with E-state index in [1.807, 2.05) is 11.0 Å². The second-order valence-electron chi connectivity index (χ2n) is 15.9. The Balaban J connectivity index is 0.00000641. The van der Waals surface area contributed by atoms with Crippen molar-refractivity contribution in [3.05, 3.63) is 47.8 Å². The molecule has 1 aliphatic carbocycles. The first kappa shape index (κ1) is 45.1. The van der Waals surface area contributed by atoms with Crippen LogP contribution in [0.3, 0.4) is 0 Å². The number of aromatic nitrogens is 1. The number of imide groups is 1. The predicted octanol–water partition coefficient (Wildman–Crippen LogP) is 4.61. The zero-order valence-electron chi connectivity index (χ0n) is 32.9. The number of hydrogen-bond acceptors (Lipinski definition) is 12. The van der Waals surface area contributed by atoms with Gasteiger partial charge >= 0.3 is 6.18 Å². The van der Waals surface area contributed by atoms with Crippen LogP contribution < -0.4 is 20.9 Å². The summed E-state index contributed by atoms with van der Waals surface area (Å²) < 4.78 is 47.4. The molecule has 0 radical (unpaired) electrons. The van der Waals surface area contributed by atoms with Crippen molar-refractivity contribution >= 4 is 65.7 Å². The minimum absolute atomic E-state index is 0. The molecule has 3 N–H and O–H groups in total. The SMILES string of the molecule is C[C@@H]1CN(CCOC2CCC(N3C(S)N(c4cnc(C#N)c(C(F)(F)F)c4)C(=O)C3(C)C)CC2)C[C@H](C)N1CC(=O)Nc1cccc(NC2CCC(=O)NC2=O)c1.Cl. The summed E-state index contributed by atoms with van der Waals surface area (Å²) in [6.45, 7) is 10.8. The Morgan fingerprint density at radius 1 is 1.07 bits per heavy atom. The Hall–Kier alpha value is -3.99. The first-order valence-electron chi connectivity index (χ1n) is 19.3. The van der Waals surface area contributed by atoms with E-state index in [2.05, 4.69) is 44.6 Å². The van der Waals surface area contributed by atoms with Crippen molar-refractivity contribution in [3.8, 4) is 6.07 Å². The van der Waals surface area contributed by atoms with Gasteiger partial charge in [-0.2, -0.15) is 18.4 Å². The largest absolute Gasteiger partial charge is 0.419 e. The molecule has 14 nitrogen and oxygen atoms in total. The van der Waals surface area contributed by atoms with Crippen molar-refractivity contribution in [3.63, 3.8) is 0 Å². The van der Waals surface area contributed by atoms with E-state index < -0.39 is 40.4 Å². The molecule has 4 amide bonds. The highest BCUT2D eigenvalue weighted by molar-refractivity contribution is 7.81. The third-order valence-electron chi connectivity index (χ3n) is 11.5. The zero-order valence-corrected chi connectivity index (χ0v) is 34.6.